The van der Waals surface area contributed by atoms with E-state index in [0.29, 0.717) is 12.6 Å². The summed E-state index contributed by atoms with van der Waals surface area (Å²) in [6, 6.07) is 0.526. The van der Waals surface area contributed by atoms with Crippen LogP contribution in [0.25, 0.3) is 0 Å². The Kier molecular flexibility index (Phi) is 4.33. The Morgan fingerprint density at radius 1 is 1.60 bits per heavy atom. The van der Waals surface area contributed by atoms with Gasteiger partial charge < -0.3 is 9.64 Å². The molecule has 0 N–H and O–H groups in total. The van der Waals surface area contributed by atoms with Crippen molar-refractivity contribution in [2.45, 2.75) is 39.7 Å². The number of carbonyl (C=O) groups is 1. The lowest BCUT2D eigenvalue weighted by atomic mass is 9.94. The summed E-state index contributed by atoms with van der Waals surface area (Å²) in [6.45, 7) is 7.40. The molecule has 1 aliphatic rings. The number of piperidine rings is 1. The van der Waals surface area contributed by atoms with Gasteiger partial charge in [-0.05, 0) is 40.7 Å². The Bertz CT molecular complexity index is 271. The number of esters is 1. The van der Waals surface area contributed by atoms with Crippen LogP contribution in [-0.4, -0.2) is 37.1 Å². The summed E-state index contributed by atoms with van der Waals surface area (Å²) in [4.78, 5) is 13.9. The fourth-order valence-corrected chi connectivity index (χ4v) is 1.87. The maximum Gasteiger partial charge on any atom is 0.333 e. The van der Waals surface area contributed by atoms with Gasteiger partial charge in [-0.3, -0.25) is 0 Å². The van der Waals surface area contributed by atoms with E-state index in [4.69, 9.17) is 4.74 Å². The minimum absolute atomic E-state index is 0.149. The molecule has 0 bridgehead atoms. The first kappa shape index (κ1) is 12.2. The van der Waals surface area contributed by atoms with E-state index in [1.165, 1.54) is 5.57 Å². The largest absolute Gasteiger partial charge is 0.463 e. The molecule has 3 heteroatoms. The van der Waals surface area contributed by atoms with Crippen LogP contribution in [0.3, 0.4) is 0 Å². The Morgan fingerprint density at radius 2 is 2.27 bits per heavy atom. The van der Waals surface area contributed by atoms with Crippen molar-refractivity contribution in [3.63, 3.8) is 0 Å². The molecule has 15 heavy (non-hydrogen) atoms. The van der Waals surface area contributed by atoms with Crippen molar-refractivity contribution in [1.29, 1.82) is 0 Å². The number of hydrogen-bond acceptors (Lipinski definition) is 3. The summed E-state index contributed by atoms with van der Waals surface area (Å²) in [6.07, 6.45) is 1.98. The molecule has 0 saturated carbocycles. The first-order chi connectivity index (χ1) is 7.06. The normalized spacial score (nSPS) is 26.3. The Balaban J connectivity index is 2.69. The maximum absolute atomic E-state index is 11.5. The van der Waals surface area contributed by atoms with Gasteiger partial charge in [-0.1, -0.05) is 5.57 Å². The van der Waals surface area contributed by atoms with Gasteiger partial charge in [0.25, 0.3) is 0 Å². The Labute approximate surface area is 92.1 Å². The van der Waals surface area contributed by atoms with Gasteiger partial charge in [-0.2, -0.15) is 0 Å². The van der Waals surface area contributed by atoms with Crippen molar-refractivity contribution < 1.29 is 9.53 Å². The molecule has 0 aromatic carbocycles. The molecule has 1 fully saturated rings. The van der Waals surface area contributed by atoms with E-state index in [1.807, 2.05) is 13.8 Å². The van der Waals surface area contributed by atoms with E-state index in [2.05, 4.69) is 18.9 Å². The van der Waals surface area contributed by atoms with Crippen molar-refractivity contribution in [2.24, 2.45) is 0 Å². The van der Waals surface area contributed by atoms with Gasteiger partial charge in [0, 0.05) is 18.2 Å². The lowest BCUT2D eigenvalue weighted by Crippen LogP contribution is -2.35. The van der Waals surface area contributed by atoms with Gasteiger partial charge in [0.15, 0.2) is 0 Å². The summed E-state index contributed by atoms with van der Waals surface area (Å²) >= 11 is 0. The third-order valence-corrected chi connectivity index (χ3v) is 3.17. The van der Waals surface area contributed by atoms with Crippen LogP contribution in [0.2, 0.25) is 0 Å². The predicted octanol–water partition coefficient (Wildman–Crippen LogP) is 1.98. The smallest absolute Gasteiger partial charge is 0.333 e. The molecule has 3 nitrogen and oxygen atoms in total. The van der Waals surface area contributed by atoms with E-state index in [9.17, 15) is 4.79 Å². The van der Waals surface area contributed by atoms with Crippen molar-refractivity contribution >= 4 is 5.97 Å². The SMILES string of the molecule is CCOC(=O)C(C)=C1CCN(C)C(C)C1. The number of carbonyl (C=O) groups excluding carboxylic acids is 1. The number of rotatable bonds is 2. The van der Waals surface area contributed by atoms with Crippen molar-refractivity contribution in [3.8, 4) is 0 Å². The molecular formula is C12H21NO2. The standard InChI is InChI=1S/C12H21NO2/c1-5-15-12(14)10(3)11-6-7-13(4)9(2)8-11/h9H,5-8H2,1-4H3. The summed E-state index contributed by atoms with van der Waals surface area (Å²) in [5.74, 6) is -0.149. The molecule has 1 aliphatic heterocycles. The molecule has 1 saturated heterocycles. The molecule has 0 radical (unpaired) electrons. The van der Waals surface area contributed by atoms with E-state index < -0.39 is 0 Å². The zero-order valence-electron chi connectivity index (χ0n) is 10.2. The molecule has 1 atom stereocenters. The van der Waals surface area contributed by atoms with Gasteiger partial charge in [-0.25, -0.2) is 4.79 Å². The molecular weight excluding hydrogens is 190 g/mol. The average Bonchev–Trinajstić information content (AvgIpc) is 2.21. The molecule has 1 rings (SSSR count). The van der Waals surface area contributed by atoms with E-state index in [0.717, 1.165) is 25.0 Å². The van der Waals surface area contributed by atoms with Crippen LogP contribution in [0.15, 0.2) is 11.1 Å². The molecule has 0 aliphatic carbocycles. The van der Waals surface area contributed by atoms with Crippen molar-refractivity contribution in [1.82, 2.24) is 4.90 Å². The minimum Gasteiger partial charge on any atom is -0.463 e. The van der Waals surface area contributed by atoms with E-state index in [1.54, 1.807) is 0 Å². The Morgan fingerprint density at radius 3 is 2.80 bits per heavy atom. The fraction of sp³-hybridized carbons (Fsp3) is 0.750. The average molecular weight is 211 g/mol. The highest BCUT2D eigenvalue weighted by molar-refractivity contribution is 5.88. The van der Waals surface area contributed by atoms with Crippen LogP contribution in [-0.2, 0) is 9.53 Å². The number of nitrogens with zero attached hydrogens (tertiary/aromatic N) is 1. The van der Waals surface area contributed by atoms with Gasteiger partial charge in [-0.15, -0.1) is 0 Å². The second kappa shape index (κ2) is 5.31. The first-order valence-electron chi connectivity index (χ1n) is 5.62. The number of ether oxygens (including phenoxy) is 1. The van der Waals surface area contributed by atoms with Crippen LogP contribution in [0.1, 0.15) is 33.6 Å². The zero-order valence-corrected chi connectivity index (χ0v) is 10.2. The molecule has 0 aromatic rings. The van der Waals surface area contributed by atoms with Crippen LogP contribution >= 0.6 is 0 Å². The summed E-state index contributed by atoms with van der Waals surface area (Å²) in [5.41, 5.74) is 2.08. The van der Waals surface area contributed by atoms with Crippen LogP contribution in [0.5, 0.6) is 0 Å². The van der Waals surface area contributed by atoms with Gasteiger partial charge in [0.2, 0.25) is 0 Å². The van der Waals surface area contributed by atoms with Crippen LogP contribution < -0.4 is 0 Å². The number of hydrogen-bond donors (Lipinski definition) is 0. The second-order valence-corrected chi connectivity index (χ2v) is 4.23. The lowest BCUT2D eigenvalue weighted by Gasteiger charge is -2.32. The molecule has 0 amide bonds. The predicted molar refractivity (Wildman–Crippen MR) is 60.7 cm³/mol. The van der Waals surface area contributed by atoms with E-state index >= 15 is 0 Å². The third-order valence-electron chi connectivity index (χ3n) is 3.17. The van der Waals surface area contributed by atoms with Gasteiger partial charge in [0.05, 0.1) is 6.61 Å². The van der Waals surface area contributed by atoms with E-state index in [-0.39, 0.29) is 5.97 Å². The highest BCUT2D eigenvalue weighted by atomic mass is 16.5. The fourth-order valence-electron chi connectivity index (χ4n) is 1.87. The van der Waals surface area contributed by atoms with Crippen LogP contribution in [0, 0.1) is 0 Å². The van der Waals surface area contributed by atoms with Gasteiger partial charge in [0.1, 0.15) is 0 Å². The lowest BCUT2D eigenvalue weighted by molar-refractivity contribution is -0.138. The number of likely N-dealkylation sites (tertiary alicyclic amines) is 1. The zero-order chi connectivity index (χ0) is 11.4. The van der Waals surface area contributed by atoms with Crippen molar-refractivity contribution in [2.75, 3.05) is 20.2 Å². The Hall–Kier alpha value is -0.830. The molecule has 86 valence electrons. The topological polar surface area (TPSA) is 29.5 Å². The summed E-state index contributed by atoms with van der Waals surface area (Å²) in [5, 5.41) is 0. The molecule has 0 aromatic heterocycles. The minimum atomic E-state index is -0.149. The first-order valence-corrected chi connectivity index (χ1v) is 5.62. The van der Waals surface area contributed by atoms with Crippen molar-refractivity contribution in [3.05, 3.63) is 11.1 Å². The van der Waals surface area contributed by atoms with Gasteiger partial charge >= 0.3 is 5.97 Å². The molecule has 1 unspecified atom stereocenters. The van der Waals surface area contributed by atoms with Crippen LogP contribution in [0.4, 0.5) is 0 Å². The monoisotopic (exact) mass is 211 g/mol. The highest BCUT2D eigenvalue weighted by Gasteiger charge is 2.21. The maximum atomic E-state index is 11.5. The third kappa shape index (κ3) is 3.06. The highest BCUT2D eigenvalue weighted by Crippen LogP contribution is 2.24. The molecule has 0 spiro atoms. The second-order valence-electron chi connectivity index (χ2n) is 4.23. The quantitative estimate of drug-likeness (QED) is 0.516. The molecule has 1 heterocycles. The summed E-state index contributed by atoms with van der Waals surface area (Å²) < 4.78 is 5.01. The summed E-state index contributed by atoms with van der Waals surface area (Å²) in [7, 11) is 2.13.